The lowest BCUT2D eigenvalue weighted by atomic mass is 10.1. The molecule has 0 aliphatic heterocycles. The molecule has 1 amide bonds. The van der Waals surface area contributed by atoms with Gasteiger partial charge in [0, 0.05) is 5.56 Å². The summed E-state index contributed by atoms with van der Waals surface area (Å²) < 4.78 is 17.9. The number of nitrogens with one attached hydrogen (secondary N) is 1. The summed E-state index contributed by atoms with van der Waals surface area (Å²) in [5.74, 6) is -0.979. The lowest BCUT2D eigenvalue weighted by Gasteiger charge is -2.14. The van der Waals surface area contributed by atoms with Gasteiger partial charge in [0.15, 0.2) is 0 Å². The molecule has 3 aromatic rings. The fourth-order valence-corrected chi connectivity index (χ4v) is 2.34. The molecular weight excluding hydrogens is 325 g/mol. The predicted molar refractivity (Wildman–Crippen MR) is 88.2 cm³/mol. The van der Waals surface area contributed by atoms with E-state index in [1.54, 1.807) is 0 Å². The molecule has 6 nitrogen and oxygen atoms in total. The standard InChI is InChI=1S/C18H16FN3O3/c19-14-8-6-13(7-9-14)16-21-18(25-22-16)17(24)20-15(11-23)10-12-4-2-1-3-5-12/h1-9,15,23H,10-11H2,(H,20,24). The molecule has 0 saturated heterocycles. The van der Waals surface area contributed by atoms with Crippen LogP contribution in [0.5, 0.6) is 0 Å². The molecule has 2 N–H and O–H groups in total. The van der Waals surface area contributed by atoms with E-state index < -0.39 is 11.9 Å². The lowest BCUT2D eigenvalue weighted by molar-refractivity contribution is 0.0872. The maximum atomic E-state index is 12.9. The Labute approximate surface area is 143 Å². The van der Waals surface area contributed by atoms with Crippen LogP contribution in [0.2, 0.25) is 0 Å². The molecule has 0 fully saturated rings. The van der Waals surface area contributed by atoms with Crippen molar-refractivity contribution in [2.75, 3.05) is 6.61 Å². The van der Waals surface area contributed by atoms with Crippen molar-refractivity contribution in [1.29, 1.82) is 0 Å². The number of carbonyl (C=O) groups is 1. The van der Waals surface area contributed by atoms with Crippen LogP contribution >= 0.6 is 0 Å². The van der Waals surface area contributed by atoms with Gasteiger partial charge in [-0.2, -0.15) is 4.98 Å². The molecule has 25 heavy (non-hydrogen) atoms. The number of carbonyl (C=O) groups excluding carboxylic acids is 1. The van der Waals surface area contributed by atoms with Crippen molar-refractivity contribution >= 4 is 5.91 Å². The Morgan fingerprint density at radius 3 is 2.56 bits per heavy atom. The third-order valence-corrected chi connectivity index (χ3v) is 3.60. The Bertz CT molecular complexity index is 834. The topological polar surface area (TPSA) is 88.2 Å². The van der Waals surface area contributed by atoms with E-state index >= 15 is 0 Å². The molecule has 7 heteroatoms. The van der Waals surface area contributed by atoms with E-state index in [0.717, 1.165) is 5.56 Å². The highest BCUT2D eigenvalue weighted by atomic mass is 19.1. The van der Waals surface area contributed by atoms with Crippen LogP contribution < -0.4 is 5.32 Å². The van der Waals surface area contributed by atoms with Crippen LogP contribution in [0.25, 0.3) is 11.4 Å². The van der Waals surface area contributed by atoms with Crippen molar-refractivity contribution in [2.24, 2.45) is 0 Å². The van der Waals surface area contributed by atoms with Crippen molar-refractivity contribution < 1.29 is 18.8 Å². The van der Waals surface area contributed by atoms with Crippen molar-refractivity contribution in [3.05, 3.63) is 71.9 Å². The van der Waals surface area contributed by atoms with Crippen molar-refractivity contribution in [1.82, 2.24) is 15.5 Å². The van der Waals surface area contributed by atoms with Crippen molar-refractivity contribution in [2.45, 2.75) is 12.5 Å². The molecule has 1 heterocycles. The number of aromatic nitrogens is 2. The highest BCUT2D eigenvalue weighted by Gasteiger charge is 2.20. The van der Waals surface area contributed by atoms with Gasteiger partial charge in [-0.3, -0.25) is 4.79 Å². The van der Waals surface area contributed by atoms with E-state index in [2.05, 4.69) is 15.5 Å². The SMILES string of the molecule is O=C(NC(CO)Cc1ccccc1)c1nc(-c2ccc(F)cc2)no1. The highest BCUT2D eigenvalue weighted by Crippen LogP contribution is 2.16. The first kappa shape index (κ1) is 16.8. The number of aliphatic hydroxyl groups excluding tert-OH is 1. The monoisotopic (exact) mass is 341 g/mol. The maximum Gasteiger partial charge on any atom is 0.316 e. The number of benzene rings is 2. The van der Waals surface area contributed by atoms with Crippen LogP contribution in [-0.2, 0) is 6.42 Å². The third-order valence-electron chi connectivity index (χ3n) is 3.60. The maximum absolute atomic E-state index is 12.9. The average Bonchev–Trinajstić information content (AvgIpc) is 3.13. The van der Waals surface area contributed by atoms with Crippen LogP contribution in [0.1, 0.15) is 16.2 Å². The van der Waals surface area contributed by atoms with Gasteiger partial charge in [-0.25, -0.2) is 4.39 Å². The minimum absolute atomic E-state index is 0.189. The second kappa shape index (κ2) is 7.67. The van der Waals surface area contributed by atoms with Gasteiger partial charge < -0.3 is 14.9 Å². The van der Waals surface area contributed by atoms with Crippen LogP contribution in [0.3, 0.4) is 0 Å². The quantitative estimate of drug-likeness (QED) is 0.718. The largest absolute Gasteiger partial charge is 0.394 e. The first-order valence-corrected chi connectivity index (χ1v) is 7.71. The minimum atomic E-state index is -0.573. The number of hydrogen-bond donors (Lipinski definition) is 2. The number of nitrogens with zero attached hydrogens (tertiary/aromatic N) is 2. The molecule has 0 spiro atoms. The van der Waals surface area contributed by atoms with Gasteiger partial charge in [0.2, 0.25) is 5.82 Å². The molecule has 0 radical (unpaired) electrons. The molecule has 1 unspecified atom stereocenters. The third kappa shape index (κ3) is 4.27. The molecule has 3 rings (SSSR count). The second-order valence-electron chi connectivity index (χ2n) is 5.47. The van der Waals surface area contributed by atoms with E-state index in [1.165, 1.54) is 24.3 Å². The summed E-state index contributed by atoms with van der Waals surface area (Å²) in [6.45, 7) is -0.223. The van der Waals surface area contributed by atoms with E-state index in [0.29, 0.717) is 12.0 Å². The Morgan fingerprint density at radius 1 is 1.16 bits per heavy atom. The predicted octanol–water partition coefficient (Wildman–Crippen LogP) is 2.21. The zero-order valence-corrected chi connectivity index (χ0v) is 13.2. The fraction of sp³-hybridized carbons (Fsp3) is 0.167. The molecular formula is C18H16FN3O3. The van der Waals surface area contributed by atoms with E-state index in [-0.39, 0.29) is 24.1 Å². The number of hydrogen-bond acceptors (Lipinski definition) is 5. The van der Waals surface area contributed by atoms with Crippen LogP contribution in [-0.4, -0.2) is 33.8 Å². The second-order valence-corrected chi connectivity index (χ2v) is 5.47. The summed E-state index contributed by atoms with van der Waals surface area (Å²) in [4.78, 5) is 16.2. The van der Waals surface area contributed by atoms with Crippen molar-refractivity contribution in [3.63, 3.8) is 0 Å². The summed E-state index contributed by atoms with van der Waals surface area (Å²) in [6.07, 6.45) is 0.474. The molecule has 0 aliphatic carbocycles. The zero-order valence-electron chi connectivity index (χ0n) is 13.2. The van der Waals surface area contributed by atoms with E-state index in [9.17, 15) is 14.3 Å². The zero-order chi connectivity index (χ0) is 17.6. The Morgan fingerprint density at radius 2 is 1.88 bits per heavy atom. The van der Waals surface area contributed by atoms with Gasteiger partial charge in [0.25, 0.3) is 0 Å². The molecule has 1 aromatic heterocycles. The molecule has 1 atom stereocenters. The summed E-state index contributed by atoms with van der Waals surface area (Å²) >= 11 is 0. The van der Waals surface area contributed by atoms with Gasteiger partial charge in [-0.15, -0.1) is 0 Å². The minimum Gasteiger partial charge on any atom is -0.394 e. The Kier molecular flexibility index (Phi) is 5.15. The van der Waals surface area contributed by atoms with Crippen LogP contribution in [0, 0.1) is 5.82 Å². The summed E-state index contributed by atoms with van der Waals surface area (Å²) in [5.41, 5.74) is 1.52. The van der Waals surface area contributed by atoms with Gasteiger partial charge in [-0.1, -0.05) is 35.5 Å². The lowest BCUT2D eigenvalue weighted by Crippen LogP contribution is -2.39. The van der Waals surface area contributed by atoms with Gasteiger partial charge >= 0.3 is 11.8 Å². The first-order chi connectivity index (χ1) is 12.2. The molecule has 2 aromatic carbocycles. The summed E-state index contributed by atoms with van der Waals surface area (Å²) in [6, 6.07) is 14.5. The average molecular weight is 341 g/mol. The van der Waals surface area contributed by atoms with Crippen molar-refractivity contribution in [3.8, 4) is 11.4 Å². The van der Waals surface area contributed by atoms with Gasteiger partial charge in [0.05, 0.1) is 12.6 Å². The summed E-state index contributed by atoms with van der Waals surface area (Å²) in [5, 5.41) is 15.9. The number of halogens is 1. The molecule has 0 bridgehead atoms. The first-order valence-electron chi connectivity index (χ1n) is 7.71. The molecule has 128 valence electrons. The highest BCUT2D eigenvalue weighted by molar-refractivity contribution is 5.90. The number of amides is 1. The number of rotatable bonds is 6. The van der Waals surface area contributed by atoms with E-state index in [4.69, 9.17) is 4.52 Å². The number of aliphatic hydroxyl groups is 1. The molecule has 0 saturated carbocycles. The fourth-order valence-electron chi connectivity index (χ4n) is 2.34. The molecule has 0 aliphatic rings. The Hall–Kier alpha value is -3.06. The van der Waals surface area contributed by atoms with Gasteiger partial charge in [0.1, 0.15) is 5.82 Å². The van der Waals surface area contributed by atoms with Gasteiger partial charge in [-0.05, 0) is 36.2 Å². The Balaban J connectivity index is 1.67. The smallest absolute Gasteiger partial charge is 0.316 e. The van der Waals surface area contributed by atoms with Crippen LogP contribution in [0.4, 0.5) is 4.39 Å². The van der Waals surface area contributed by atoms with Crippen LogP contribution in [0.15, 0.2) is 59.1 Å². The normalized spacial score (nSPS) is 11.9. The van der Waals surface area contributed by atoms with E-state index in [1.807, 2.05) is 30.3 Å². The summed E-state index contributed by atoms with van der Waals surface area (Å²) in [7, 11) is 0.